The third kappa shape index (κ3) is 2.97. The molecule has 0 bridgehead atoms. The van der Waals surface area contributed by atoms with Crippen LogP contribution in [-0.4, -0.2) is 19.6 Å². The molecule has 0 aliphatic carbocycles. The van der Waals surface area contributed by atoms with Crippen molar-refractivity contribution in [3.8, 4) is 0 Å². The van der Waals surface area contributed by atoms with E-state index in [4.69, 9.17) is 0 Å². The van der Waals surface area contributed by atoms with Crippen LogP contribution in [0.2, 0.25) is 0 Å². The van der Waals surface area contributed by atoms with Gasteiger partial charge in [0, 0.05) is 40.2 Å². The van der Waals surface area contributed by atoms with Crippen LogP contribution in [0.15, 0.2) is 65.4 Å². The van der Waals surface area contributed by atoms with Gasteiger partial charge in [0.05, 0.1) is 12.2 Å². The van der Waals surface area contributed by atoms with Gasteiger partial charge in [0.15, 0.2) is 0 Å². The second-order valence-electron chi connectivity index (χ2n) is 6.50. The van der Waals surface area contributed by atoms with E-state index < -0.39 is 0 Å². The van der Waals surface area contributed by atoms with Gasteiger partial charge in [-0.15, -0.1) is 5.10 Å². The highest BCUT2D eigenvalue weighted by molar-refractivity contribution is 9.10. The standard InChI is InChI=1S/C21H21BrN4/c1-3-25-19-10-9-17(22)14-18(19)15(2)21(25)20(26-12-11-23-24-26)13-16-7-5-4-6-8-16/h4-12,14,20H,3,13H2,1-2H3. The summed E-state index contributed by atoms with van der Waals surface area (Å²) < 4.78 is 5.50. The normalized spacial score (nSPS) is 12.6. The molecule has 0 saturated heterocycles. The average molecular weight is 409 g/mol. The molecule has 2 aromatic carbocycles. The van der Waals surface area contributed by atoms with Crippen molar-refractivity contribution < 1.29 is 0 Å². The zero-order chi connectivity index (χ0) is 18.1. The third-order valence-electron chi connectivity index (χ3n) is 4.99. The number of hydrogen-bond acceptors (Lipinski definition) is 2. The topological polar surface area (TPSA) is 35.6 Å². The van der Waals surface area contributed by atoms with Crippen LogP contribution >= 0.6 is 15.9 Å². The Labute approximate surface area is 161 Å². The molecule has 0 amide bonds. The molecule has 0 saturated carbocycles. The van der Waals surface area contributed by atoms with Crippen LogP contribution < -0.4 is 0 Å². The largest absolute Gasteiger partial charge is 0.343 e. The summed E-state index contributed by atoms with van der Waals surface area (Å²) in [6.45, 7) is 5.33. The van der Waals surface area contributed by atoms with Gasteiger partial charge < -0.3 is 4.57 Å². The first kappa shape index (κ1) is 17.0. The Morgan fingerprint density at radius 1 is 1.12 bits per heavy atom. The van der Waals surface area contributed by atoms with Gasteiger partial charge in [0.2, 0.25) is 0 Å². The molecule has 0 fully saturated rings. The number of halogens is 1. The van der Waals surface area contributed by atoms with Crippen molar-refractivity contribution in [2.24, 2.45) is 0 Å². The number of nitrogens with zero attached hydrogens (tertiary/aromatic N) is 4. The number of hydrogen-bond donors (Lipinski definition) is 0. The van der Waals surface area contributed by atoms with Crippen molar-refractivity contribution >= 4 is 26.8 Å². The Morgan fingerprint density at radius 2 is 1.92 bits per heavy atom. The van der Waals surface area contributed by atoms with Crippen LogP contribution in [-0.2, 0) is 13.0 Å². The minimum absolute atomic E-state index is 0.103. The summed E-state index contributed by atoms with van der Waals surface area (Å²) in [5.41, 5.74) is 5.16. The van der Waals surface area contributed by atoms with E-state index in [0.717, 1.165) is 17.4 Å². The van der Waals surface area contributed by atoms with Crippen LogP contribution in [0, 0.1) is 6.92 Å². The van der Waals surface area contributed by atoms with Gasteiger partial charge in [-0.3, -0.25) is 0 Å². The number of aromatic nitrogens is 4. The summed E-state index contributed by atoms with van der Waals surface area (Å²) in [6.07, 6.45) is 4.59. The SMILES string of the molecule is CCn1c(C(Cc2ccccc2)n2ccnn2)c(C)c2cc(Br)ccc21. The maximum absolute atomic E-state index is 4.34. The molecule has 132 valence electrons. The van der Waals surface area contributed by atoms with Crippen LogP contribution in [0.4, 0.5) is 0 Å². The molecule has 1 atom stereocenters. The first-order valence-corrected chi connectivity index (χ1v) is 9.66. The van der Waals surface area contributed by atoms with Crippen molar-refractivity contribution in [1.29, 1.82) is 0 Å². The first-order chi connectivity index (χ1) is 12.7. The lowest BCUT2D eigenvalue weighted by molar-refractivity contribution is 0.473. The van der Waals surface area contributed by atoms with Gasteiger partial charge in [0.25, 0.3) is 0 Å². The van der Waals surface area contributed by atoms with Gasteiger partial charge >= 0.3 is 0 Å². The molecule has 0 spiro atoms. The van der Waals surface area contributed by atoms with E-state index in [0.29, 0.717) is 0 Å². The van der Waals surface area contributed by atoms with Gasteiger partial charge in [0.1, 0.15) is 0 Å². The van der Waals surface area contributed by atoms with Crippen LogP contribution in [0.1, 0.15) is 29.8 Å². The van der Waals surface area contributed by atoms with Crippen molar-refractivity contribution in [2.45, 2.75) is 32.9 Å². The van der Waals surface area contributed by atoms with Crippen LogP contribution in [0.5, 0.6) is 0 Å². The fraction of sp³-hybridized carbons (Fsp3) is 0.238. The number of aryl methyl sites for hydroxylation is 2. The second-order valence-corrected chi connectivity index (χ2v) is 7.42. The van der Waals surface area contributed by atoms with E-state index in [1.165, 1.54) is 27.7 Å². The molecule has 2 aromatic heterocycles. The number of fused-ring (bicyclic) bond motifs is 1. The summed E-state index contributed by atoms with van der Waals surface area (Å²) >= 11 is 3.62. The summed E-state index contributed by atoms with van der Waals surface area (Å²) in [7, 11) is 0. The molecule has 0 N–H and O–H groups in total. The molecule has 2 heterocycles. The molecule has 0 aliphatic heterocycles. The Balaban J connectivity index is 1.92. The van der Waals surface area contributed by atoms with E-state index in [2.05, 4.69) is 93.2 Å². The number of rotatable bonds is 5. The van der Waals surface area contributed by atoms with Crippen molar-refractivity contribution in [2.75, 3.05) is 0 Å². The van der Waals surface area contributed by atoms with E-state index in [-0.39, 0.29) is 6.04 Å². The maximum Gasteiger partial charge on any atom is 0.0979 e. The lowest BCUT2D eigenvalue weighted by Crippen LogP contribution is -2.19. The molecule has 4 nitrogen and oxygen atoms in total. The quantitative estimate of drug-likeness (QED) is 0.457. The maximum atomic E-state index is 4.34. The molecule has 5 heteroatoms. The van der Waals surface area contributed by atoms with E-state index in [1.807, 2.05) is 10.9 Å². The first-order valence-electron chi connectivity index (χ1n) is 8.87. The average Bonchev–Trinajstić information content (AvgIpc) is 3.28. The predicted octanol–water partition coefficient (Wildman–Crippen LogP) is 5.16. The predicted molar refractivity (Wildman–Crippen MR) is 108 cm³/mol. The monoisotopic (exact) mass is 408 g/mol. The van der Waals surface area contributed by atoms with Crippen molar-refractivity contribution in [3.05, 3.63) is 82.2 Å². The highest BCUT2D eigenvalue weighted by Crippen LogP contribution is 2.34. The molecule has 1 unspecified atom stereocenters. The fourth-order valence-corrected chi connectivity index (χ4v) is 4.18. The molecule has 4 aromatic rings. The lowest BCUT2D eigenvalue weighted by Gasteiger charge is -2.21. The molecule has 26 heavy (non-hydrogen) atoms. The van der Waals surface area contributed by atoms with Crippen molar-refractivity contribution in [3.63, 3.8) is 0 Å². The minimum Gasteiger partial charge on any atom is -0.343 e. The minimum atomic E-state index is 0.103. The van der Waals surface area contributed by atoms with Gasteiger partial charge in [-0.2, -0.15) is 0 Å². The van der Waals surface area contributed by atoms with Gasteiger partial charge in [-0.1, -0.05) is 51.5 Å². The Hall–Kier alpha value is -2.40. The second kappa shape index (κ2) is 7.08. The molecular formula is C21H21BrN4. The van der Waals surface area contributed by atoms with Gasteiger partial charge in [-0.25, -0.2) is 4.68 Å². The van der Waals surface area contributed by atoms with E-state index >= 15 is 0 Å². The third-order valence-corrected chi connectivity index (χ3v) is 5.49. The lowest BCUT2D eigenvalue weighted by atomic mass is 10.00. The van der Waals surface area contributed by atoms with E-state index in [1.54, 1.807) is 6.20 Å². The molecular weight excluding hydrogens is 388 g/mol. The smallest absolute Gasteiger partial charge is 0.0979 e. The number of benzene rings is 2. The summed E-state index contributed by atoms with van der Waals surface area (Å²) in [6, 6.07) is 17.2. The van der Waals surface area contributed by atoms with Gasteiger partial charge in [-0.05, 0) is 43.2 Å². The zero-order valence-corrected chi connectivity index (χ0v) is 16.5. The Bertz CT molecular complexity index is 1020. The summed E-state index contributed by atoms with van der Waals surface area (Å²) in [5, 5.41) is 9.68. The van der Waals surface area contributed by atoms with Crippen LogP contribution in [0.3, 0.4) is 0 Å². The fourth-order valence-electron chi connectivity index (χ4n) is 3.82. The van der Waals surface area contributed by atoms with E-state index in [9.17, 15) is 0 Å². The summed E-state index contributed by atoms with van der Waals surface area (Å²) in [4.78, 5) is 0. The Kier molecular flexibility index (Phi) is 4.64. The van der Waals surface area contributed by atoms with Crippen LogP contribution in [0.25, 0.3) is 10.9 Å². The molecule has 0 aliphatic rings. The Morgan fingerprint density at radius 3 is 2.62 bits per heavy atom. The molecule has 0 radical (unpaired) electrons. The zero-order valence-electron chi connectivity index (χ0n) is 14.9. The molecule has 4 rings (SSSR count). The highest BCUT2D eigenvalue weighted by Gasteiger charge is 2.24. The summed E-state index contributed by atoms with van der Waals surface area (Å²) in [5.74, 6) is 0. The highest BCUT2D eigenvalue weighted by atomic mass is 79.9. The van der Waals surface area contributed by atoms with Crippen molar-refractivity contribution in [1.82, 2.24) is 19.6 Å².